The van der Waals surface area contributed by atoms with E-state index in [0.717, 1.165) is 31.2 Å². The van der Waals surface area contributed by atoms with Gasteiger partial charge >= 0.3 is 5.97 Å². The van der Waals surface area contributed by atoms with Crippen molar-refractivity contribution in [2.75, 3.05) is 6.54 Å². The first-order chi connectivity index (χ1) is 11.6. The van der Waals surface area contributed by atoms with Crippen molar-refractivity contribution in [2.24, 2.45) is 5.41 Å². The van der Waals surface area contributed by atoms with Crippen LogP contribution in [0.3, 0.4) is 0 Å². The number of hydrogen-bond donors (Lipinski definition) is 2. The van der Waals surface area contributed by atoms with E-state index in [9.17, 15) is 14.7 Å². The van der Waals surface area contributed by atoms with E-state index >= 15 is 0 Å². The van der Waals surface area contributed by atoms with Crippen molar-refractivity contribution in [3.05, 3.63) is 48.6 Å². The Bertz CT molecular complexity index is 564. The molecule has 1 amide bonds. The van der Waals surface area contributed by atoms with Crippen LogP contribution in [0.15, 0.2) is 43.0 Å². The lowest BCUT2D eigenvalue weighted by Crippen LogP contribution is -2.44. The Hall–Kier alpha value is -2.14. The maximum absolute atomic E-state index is 12.4. The van der Waals surface area contributed by atoms with E-state index in [4.69, 9.17) is 4.74 Å². The Kier molecular flexibility index (Phi) is 6.55. The van der Waals surface area contributed by atoms with Gasteiger partial charge in [0.25, 0.3) is 0 Å². The number of benzene rings is 1. The molecule has 0 bridgehead atoms. The molecule has 1 aromatic carbocycles. The van der Waals surface area contributed by atoms with E-state index in [0.29, 0.717) is 6.42 Å². The van der Waals surface area contributed by atoms with Gasteiger partial charge in [0.05, 0.1) is 12.0 Å². The van der Waals surface area contributed by atoms with Gasteiger partial charge in [-0.1, -0.05) is 49.2 Å². The van der Waals surface area contributed by atoms with E-state index in [-0.39, 0.29) is 19.1 Å². The van der Waals surface area contributed by atoms with Crippen LogP contribution >= 0.6 is 0 Å². The number of carbonyl (C=O) groups excluding carboxylic acids is 2. The minimum atomic E-state index is -1.36. The molecule has 2 N–H and O–H groups in total. The summed E-state index contributed by atoms with van der Waals surface area (Å²) in [5.74, 6) is -0.849. The number of ether oxygens (including phenoxy) is 1. The molecule has 1 atom stereocenters. The van der Waals surface area contributed by atoms with Crippen LogP contribution in [0.25, 0.3) is 0 Å². The molecule has 1 aliphatic carbocycles. The van der Waals surface area contributed by atoms with Crippen molar-refractivity contribution in [3.8, 4) is 0 Å². The molecule has 0 spiro atoms. The molecule has 5 nitrogen and oxygen atoms in total. The van der Waals surface area contributed by atoms with Crippen LogP contribution in [0.1, 0.15) is 37.7 Å². The van der Waals surface area contributed by atoms with Crippen LogP contribution in [-0.4, -0.2) is 29.6 Å². The fraction of sp³-hybridized carbons (Fsp3) is 0.474. The van der Waals surface area contributed by atoms with Gasteiger partial charge in [0.15, 0.2) is 6.10 Å². The normalized spacial score (nSPS) is 17.0. The summed E-state index contributed by atoms with van der Waals surface area (Å²) in [5.41, 5.74) is 0.410. The van der Waals surface area contributed by atoms with E-state index in [1.165, 1.54) is 0 Å². The molecule has 0 unspecified atom stereocenters. The van der Waals surface area contributed by atoms with E-state index in [1.54, 1.807) is 6.08 Å². The molecule has 5 heteroatoms. The van der Waals surface area contributed by atoms with Crippen LogP contribution < -0.4 is 5.32 Å². The quantitative estimate of drug-likeness (QED) is 0.566. The first-order valence-electron chi connectivity index (χ1n) is 8.35. The van der Waals surface area contributed by atoms with Crippen molar-refractivity contribution in [1.82, 2.24) is 5.32 Å². The average molecular weight is 331 g/mol. The largest absolute Gasteiger partial charge is 0.459 e. The molecule has 1 fully saturated rings. The van der Waals surface area contributed by atoms with Crippen molar-refractivity contribution in [2.45, 2.75) is 44.8 Å². The molecule has 0 radical (unpaired) electrons. The summed E-state index contributed by atoms with van der Waals surface area (Å²) in [6.07, 6.45) is 4.69. The minimum Gasteiger partial charge on any atom is -0.459 e. The van der Waals surface area contributed by atoms with Gasteiger partial charge in [-0.2, -0.15) is 0 Å². The molecule has 130 valence electrons. The molecular formula is C19H25NO4. The van der Waals surface area contributed by atoms with Gasteiger partial charge in [-0.05, 0) is 24.8 Å². The first kappa shape index (κ1) is 18.2. The Labute approximate surface area is 142 Å². The predicted octanol–water partition coefficient (Wildman–Crippen LogP) is 2.34. The van der Waals surface area contributed by atoms with Gasteiger partial charge in [-0.3, -0.25) is 4.79 Å². The summed E-state index contributed by atoms with van der Waals surface area (Å²) >= 11 is 0. The van der Waals surface area contributed by atoms with Crippen LogP contribution in [0.4, 0.5) is 0 Å². The molecule has 0 saturated heterocycles. The molecule has 2 rings (SSSR count). The van der Waals surface area contributed by atoms with Gasteiger partial charge in [0.1, 0.15) is 6.61 Å². The SMILES string of the molecule is C=CCC1(C(=O)NC[C@@H](O)C(=O)OCc2ccccc2)CCCC1. The Morgan fingerprint density at radius 2 is 1.96 bits per heavy atom. The summed E-state index contributed by atoms with van der Waals surface area (Å²) in [4.78, 5) is 24.3. The summed E-state index contributed by atoms with van der Waals surface area (Å²) in [5, 5.41) is 12.6. The summed E-state index contributed by atoms with van der Waals surface area (Å²) < 4.78 is 5.06. The monoisotopic (exact) mass is 331 g/mol. The molecule has 0 aliphatic heterocycles. The highest BCUT2D eigenvalue weighted by Crippen LogP contribution is 2.41. The van der Waals surface area contributed by atoms with E-state index in [1.807, 2.05) is 30.3 Å². The standard InChI is InChI=1S/C19H25NO4/c1-2-10-19(11-6-7-12-19)18(23)20-13-16(21)17(22)24-14-15-8-4-3-5-9-15/h2-5,8-9,16,21H,1,6-7,10-14H2,(H,20,23)/t16-/m1/s1. The number of esters is 1. The fourth-order valence-electron chi connectivity index (χ4n) is 3.14. The summed E-state index contributed by atoms with van der Waals surface area (Å²) in [7, 11) is 0. The lowest BCUT2D eigenvalue weighted by atomic mass is 9.81. The van der Waals surface area contributed by atoms with Gasteiger partial charge < -0.3 is 15.2 Å². The summed E-state index contributed by atoms with van der Waals surface area (Å²) in [6, 6.07) is 9.24. The smallest absolute Gasteiger partial charge is 0.337 e. The molecule has 1 aliphatic rings. The molecule has 1 saturated carbocycles. The third kappa shape index (κ3) is 4.68. The molecule has 1 aromatic rings. The zero-order valence-electron chi connectivity index (χ0n) is 13.9. The fourth-order valence-corrected chi connectivity index (χ4v) is 3.14. The lowest BCUT2D eigenvalue weighted by molar-refractivity contribution is -0.154. The van der Waals surface area contributed by atoms with E-state index < -0.39 is 17.5 Å². The van der Waals surface area contributed by atoms with Crippen molar-refractivity contribution in [3.63, 3.8) is 0 Å². The second kappa shape index (κ2) is 8.64. The maximum atomic E-state index is 12.4. The van der Waals surface area contributed by atoms with Gasteiger partial charge in [-0.15, -0.1) is 6.58 Å². The summed E-state index contributed by atoms with van der Waals surface area (Å²) in [6.45, 7) is 3.69. The van der Waals surface area contributed by atoms with Crippen molar-refractivity contribution < 1.29 is 19.4 Å². The molecule has 24 heavy (non-hydrogen) atoms. The van der Waals surface area contributed by atoms with Crippen molar-refractivity contribution >= 4 is 11.9 Å². The zero-order chi connectivity index (χ0) is 17.4. The number of aliphatic hydroxyl groups is 1. The van der Waals surface area contributed by atoms with Crippen molar-refractivity contribution in [1.29, 1.82) is 0 Å². The topological polar surface area (TPSA) is 75.6 Å². The number of rotatable bonds is 8. The first-order valence-corrected chi connectivity index (χ1v) is 8.35. The Morgan fingerprint density at radius 1 is 1.29 bits per heavy atom. The Morgan fingerprint density at radius 3 is 2.58 bits per heavy atom. The van der Waals surface area contributed by atoms with Crippen LogP contribution in [-0.2, 0) is 20.9 Å². The van der Waals surface area contributed by atoms with Gasteiger partial charge in [0.2, 0.25) is 5.91 Å². The van der Waals surface area contributed by atoms with E-state index in [2.05, 4.69) is 11.9 Å². The predicted molar refractivity (Wildman–Crippen MR) is 91.0 cm³/mol. The number of hydrogen-bond acceptors (Lipinski definition) is 4. The minimum absolute atomic E-state index is 0.102. The average Bonchev–Trinajstić information content (AvgIpc) is 3.08. The highest BCUT2D eigenvalue weighted by atomic mass is 16.5. The highest BCUT2D eigenvalue weighted by molar-refractivity contribution is 5.84. The highest BCUT2D eigenvalue weighted by Gasteiger charge is 2.40. The lowest BCUT2D eigenvalue weighted by Gasteiger charge is -2.26. The maximum Gasteiger partial charge on any atom is 0.337 e. The molecule has 0 heterocycles. The van der Waals surface area contributed by atoms with Crippen LogP contribution in [0, 0.1) is 5.41 Å². The molecule has 0 aromatic heterocycles. The van der Waals surface area contributed by atoms with Crippen LogP contribution in [0.5, 0.6) is 0 Å². The Balaban J connectivity index is 1.79. The second-order valence-corrected chi connectivity index (χ2v) is 6.30. The second-order valence-electron chi connectivity index (χ2n) is 6.30. The number of carbonyl (C=O) groups is 2. The molecular weight excluding hydrogens is 306 g/mol. The number of amides is 1. The number of allylic oxidation sites excluding steroid dienone is 1. The third-order valence-electron chi connectivity index (χ3n) is 4.53. The van der Waals surface area contributed by atoms with Gasteiger partial charge in [0, 0.05) is 0 Å². The third-order valence-corrected chi connectivity index (χ3v) is 4.53. The number of aliphatic hydroxyl groups excluding tert-OH is 1. The zero-order valence-corrected chi connectivity index (χ0v) is 13.9. The number of nitrogens with one attached hydrogen (secondary N) is 1. The van der Waals surface area contributed by atoms with Gasteiger partial charge in [-0.25, -0.2) is 4.79 Å². The van der Waals surface area contributed by atoms with Crippen LogP contribution in [0.2, 0.25) is 0 Å².